The number of nitrogens with zero attached hydrogens (tertiary/aromatic N) is 2. The Bertz CT molecular complexity index is 478. The van der Waals surface area contributed by atoms with Crippen LogP contribution >= 0.6 is 11.3 Å². The molecule has 1 unspecified atom stereocenters. The standard InChI is InChI=1S/C15H24N4S/c1-11(9-17-15(16-2)18-13-3-4-13)19-7-5-14-12(10-19)6-8-20-14/h6,8,11,13H,3-5,7,9-10H2,1-2H3,(H2,16,17,18). The summed E-state index contributed by atoms with van der Waals surface area (Å²) in [4.78, 5) is 8.43. The van der Waals surface area contributed by atoms with Gasteiger partial charge in [0, 0.05) is 43.6 Å². The first-order chi connectivity index (χ1) is 9.76. The molecule has 3 rings (SSSR count). The van der Waals surface area contributed by atoms with Crippen LogP contribution in [0.1, 0.15) is 30.2 Å². The Morgan fingerprint density at radius 2 is 2.40 bits per heavy atom. The monoisotopic (exact) mass is 292 g/mol. The number of thiophene rings is 1. The largest absolute Gasteiger partial charge is 0.355 e. The van der Waals surface area contributed by atoms with Gasteiger partial charge in [-0.1, -0.05) is 0 Å². The predicted octanol–water partition coefficient (Wildman–Crippen LogP) is 1.82. The van der Waals surface area contributed by atoms with Gasteiger partial charge < -0.3 is 10.6 Å². The van der Waals surface area contributed by atoms with E-state index in [9.17, 15) is 0 Å². The summed E-state index contributed by atoms with van der Waals surface area (Å²) in [6.45, 7) is 5.52. The van der Waals surface area contributed by atoms with Crippen LogP contribution in [0.5, 0.6) is 0 Å². The van der Waals surface area contributed by atoms with Crippen molar-refractivity contribution in [3.05, 3.63) is 21.9 Å². The van der Waals surface area contributed by atoms with E-state index in [1.807, 2.05) is 18.4 Å². The molecule has 0 spiro atoms. The van der Waals surface area contributed by atoms with Gasteiger partial charge in [0.1, 0.15) is 0 Å². The van der Waals surface area contributed by atoms with Gasteiger partial charge in [0.05, 0.1) is 0 Å². The van der Waals surface area contributed by atoms with Gasteiger partial charge in [-0.2, -0.15) is 0 Å². The highest BCUT2D eigenvalue weighted by atomic mass is 32.1. The van der Waals surface area contributed by atoms with Crippen molar-refractivity contribution in [2.45, 2.75) is 44.8 Å². The van der Waals surface area contributed by atoms with Crippen molar-refractivity contribution in [1.29, 1.82) is 0 Å². The average molecular weight is 292 g/mol. The summed E-state index contributed by atoms with van der Waals surface area (Å²) in [6.07, 6.45) is 3.76. The molecule has 1 aromatic rings. The smallest absolute Gasteiger partial charge is 0.191 e. The number of hydrogen-bond acceptors (Lipinski definition) is 3. The van der Waals surface area contributed by atoms with E-state index in [2.05, 4.69) is 38.9 Å². The summed E-state index contributed by atoms with van der Waals surface area (Å²) in [5.41, 5.74) is 1.52. The molecular formula is C15H24N4S. The first-order valence-corrected chi connectivity index (χ1v) is 8.40. The zero-order chi connectivity index (χ0) is 13.9. The van der Waals surface area contributed by atoms with Crippen molar-refractivity contribution in [3.63, 3.8) is 0 Å². The van der Waals surface area contributed by atoms with Crippen LogP contribution in [-0.4, -0.2) is 43.1 Å². The van der Waals surface area contributed by atoms with Gasteiger partial charge in [0.15, 0.2) is 5.96 Å². The maximum atomic E-state index is 4.29. The van der Waals surface area contributed by atoms with Gasteiger partial charge >= 0.3 is 0 Å². The van der Waals surface area contributed by atoms with Crippen LogP contribution in [0, 0.1) is 0 Å². The highest BCUT2D eigenvalue weighted by Gasteiger charge is 2.24. The normalized spacial score (nSPS) is 21.4. The highest BCUT2D eigenvalue weighted by Crippen LogP contribution is 2.25. The number of rotatable bonds is 4. The molecule has 0 bridgehead atoms. The lowest BCUT2D eigenvalue weighted by Gasteiger charge is -2.32. The van der Waals surface area contributed by atoms with Gasteiger partial charge in [0.2, 0.25) is 0 Å². The molecule has 110 valence electrons. The average Bonchev–Trinajstić information content (AvgIpc) is 3.16. The Morgan fingerprint density at radius 1 is 1.55 bits per heavy atom. The fourth-order valence-corrected chi connectivity index (χ4v) is 3.53. The zero-order valence-corrected chi connectivity index (χ0v) is 13.2. The quantitative estimate of drug-likeness (QED) is 0.657. The minimum absolute atomic E-state index is 0.529. The molecule has 1 fully saturated rings. The fourth-order valence-electron chi connectivity index (χ4n) is 2.64. The third-order valence-corrected chi connectivity index (χ3v) is 5.19. The highest BCUT2D eigenvalue weighted by molar-refractivity contribution is 7.10. The van der Waals surface area contributed by atoms with E-state index in [0.717, 1.165) is 19.0 Å². The van der Waals surface area contributed by atoms with Gasteiger partial charge in [0.25, 0.3) is 0 Å². The first-order valence-electron chi connectivity index (χ1n) is 7.52. The minimum atomic E-state index is 0.529. The summed E-state index contributed by atoms with van der Waals surface area (Å²) in [7, 11) is 1.85. The Kier molecular flexibility index (Phi) is 4.27. The molecule has 1 saturated carbocycles. The second-order valence-corrected chi connectivity index (χ2v) is 6.81. The number of hydrogen-bond donors (Lipinski definition) is 2. The van der Waals surface area contributed by atoms with Crippen LogP contribution in [-0.2, 0) is 13.0 Å². The Labute approximate surface area is 125 Å². The van der Waals surface area contributed by atoms with Crippen LogP contribution in [0.25, 0.3) is 0 Å². The summed E-state index contributed by atoms with van der Waals surface area (Å²) in [5, 5.41) is 9.11. The van der Waals surface area contributed by atoms with Crippen molar-refractivity contribution in [2.75, 3.05) is 20.1 Å². The molecule has 20 heavy (non-hydrogen) atoms. The second-order valence-electron chi connectivity index (χ2n) is 5.81. The molecule has 0 radical (unpaired) electrons. The van der Waals surface area contributed by atoms with E-state index < -0.39 is 0 Å². The first kappa shape index (κ1) is 13.9. The third-order valence-electron chi connectivity index (χ3n) is 4.17. The van der Waals surface area contributed by atoms with Crippen LogP contribution < -0.4 is 10.6 Å². The van der Waals surface area contributed by atoms with Crippen molar-refractivity contribution in [3.8, 4) is 0 Å². The van der Waals surface area contributed by atoms with E-state index in [1.54, 1.807) is 4.88 Å². The lowest BCUT2D eigenvalue weighted by molar-refractivity contribution is 0.192. The Hall–Kier alpha value is -1.07. The van der Waals surface area contributed by atoms with Gasteiger partial charge in [-0.15, -0.1) is 11.3 Å². The number of aliphatic imine (C=N–C) groups is 1. The van der Waals surface area contributed by atoms with E-state index >= 15 is 0 Å². The second kappa shape index (κ2) is 6.14. The molecular weight excluding hydrogens is 268 g/mol. The molecule has 2 N–H and O–H groups in total. The molecule has 1 aromatic heterocycles. The third kappa shape index (κ3) is 3.33. The maximum absolute atomic E-state index is 4.29. The predicted molar refractivity (Wildman–Crippen MR) is 85.4 cm³/mol. The molecule has 0 amide bonds. The molecule has 4 nitrogen and oxygen atoms in total. The van der Waals surface area contributed by atoms with Crippen LogP contribution in [0.4, 0.5) is 0 Å². The van der Waals surface area contributed by atoms with E-state index in [0.29, 0.717) is 12.1 Å². The molecule has 1 aliphatic carbocycles. The van der Waals surface area contributed by atoms with Gasteiger partial charge in [-0.25, -0.2) is 0 Å². The van der Waals surface area contributed by atoms with Crippen molar-refractivity contribution in [1.82, 2.24) is 15.5 Å². The topological polar surface area (TPSA) is 39.7 Å². The van der Waals surface area contributed by atoms with Crippen LogP contribution in [0.3, 0.4) is 0 Å². The van der Waals surface area contributed by atoms with Gasteiger partial charge in [-0.3, -0.25) is 9.89 Å². The summed E-state index contributed by atoms with van der Waals surface area (Å²) in [5.74, 6) is 0.951. The van der Waals surface area contributed by atoms with Crippen LogP contribution in [0.15, 0.2) is 16.4 Å². The molecule has 5 heteroatoms. The number of nitrogens with one attached hydrogen (secondary N) is 2. The van der Waals surface area contributed by atoms with Crippen molar-refractivity contribution >= 4 is 17.3 Å². The molecule has 0 saturated heterocycles. The summed E-state index contributed by atoms with van der Waals surface area (Å²) < 4.78 is 0. The molecule has 1 atom stereocenters. The lowest BCUT2D eigenvalue weighted by atomic mass is 10.1. The number of fused-ring (bicyclic) bond motifs is 1. The molecule has 2 heterocycles. The van der Waals surface area contributed by atoms with Crippen LogP contribution in [0.2, 0.25) is 0 Å². The summed E-state index contributed by atoms with van der Waals surface area (Å²) >= 11 is 1.90. The lowest BCUT2D eigenvalue weighted by Crippen LogP contribution is -2.47. The Morgan fingerprint density at radius 3 is 3.15 bits per heavy atom. The Balaban J connectivity index is 1.48. The molecule has 0 aromatic carbocycles. The van der Waals surface area contributed by atoms with Crippen molar-refractivity contribution < 1.29 is 0 Å². The minimum Gasteiger partial charge on any atom is -0.355 e. The number of guanidine groups is 1. The SMILES string of the molecule is CN=C(NCC(C)N1CCc2sccc2C1)NC1CC1. The van der Waals surface area contributed by atoms with Crippen molar-refractivity contribution in [2.24, 2.45) is 4.99 Å². The molecule has 2 aliphatic rings. The maximum Gasteiger partial charge on any atom is 0.191 e. The fraction of sp³-hybridized carbons (Fsp3) is 0.667. The molecule has 1 aliphatic heterocycles. The summed E-state index contributed by atoms with van der Waals surface area (Å²) in [6, 6.07) is 3.46. The van der Waals surface area contributed by atoms with Gasteiger partial charge in [-0.05, 0) is 43.2 Å². The van der Waals surface area contributed by atoms with E-state index in [1.165, 1.54) is 31.4 Å². The zero-order valence-electron chi connectivity index (χ0n) is 12.4. The van der Waals surface area contributed by atoms with E-state index in [4.69, 9.17) is 0 Å². The van der Waals surface area contributed by atoms with E-state index in [-0.39, 0.29) is 0 Å².